The summed E-state index contributed by atoms with van der Waals surface area (Å²) < 4.78 is 0. The molecule has 0 radical (unpaired) electrons. The van der Waals surface area contributed by atoms with Crippen molar-refractivity contribution in [3.8, 4) is 5.75 Å². The van der Waals surface area contributed by atoms with Crippen LogP contribution in [0.25, 0.3) is 0 Å². The van der Waals surface area contributed by atoms with Crippen LogP contribution in [0, 0.1) is 5.92 Å². The lowest BCUT2D eigenvalue weighted by molar-refractivity contribution is -0.142. The number of hydrogen-bond acceptors (Lipinski definition) is 4. The molecule has 7 heteroatoms. The minimum atomic E-state index is -1.18. The lowest BCUT2D eigenvalue weighted by Crippen LogP contribution is -2.51. The molecule has 1 aromatic rings. The number of carboxylic acid groups (broad SMARTS) is 1. The second kappa shape index (κ2) is 10.8. The zero-order valence-corrected chi connectivity index (χ0v) is 16.2. The predicted octanol–water partition coefficient (Wildman–Crippen LogP) is 2.09. The highest BCUT2D eigenvalue weighted by atomic mass is 16.4. The Labute approximate surface area is 169 Å². The molecule has 29 heavy (non-hydrogen) atoms. The van der Waals surface area contributed by atoms with Crippen LogP contribution in [-0.4, -0.2) is 40.1 Å². The molecule has 3 atom stereocenters. The van der Waals surface area contributed by atoms with Crippen molar-refractivity contribution in [1.82, 2.24) is 10.6 Å². The van der Waals surface area contributed by atoms with E-state index in [-0.39, 0.29) is 30.4 Å². The first kappa shape index (κ1) is 21.9. The van der Waals surface area contributed by atoms with Crippen LogP contribution in [0.1, 0.15) is 25.3 Å². The first-order valence-corrected chi connectivity index (χ1v) is 9.43. The summed E-state index contributed by atoms with van der Waals surface area (Å²) in [5.41, 5.74) is 0.656. The number of amides is 2. The number of carbonyl (C=O) groups excluding carboxylic acids is 2. The lowest BCUT2D eigenvalue weighted by Gasteiger charge is -2.20. The van der Waals surface area contributed by atoms with E-state index < -0.39 is 24.0 Å². The Morgan fingerprint density at radius 3 is 2.45 bits per heavy atom. The van der Waals surface area contributed by atoms with Crippen LogP contribution >= 0.6 is 0 Å². The number of rotatable bonds is 9. The minimum absolute atomic E-state index is 0.0587. The zero-order valence-electron chi connectivity index (χ0n) is 16.2. The Bertz CT molecular complexity index is 811. The van der Waals surface area contributed by atoms with Gasteiger partial charge in [-0.05, 0) is 36.5 Å². The molecule has 0 fully saturated rings. The third-order valence-electron chi connectivity index (χ3n) is 4.45. The molecular weight excluding hydrogens is 372 g/mol. The van der Waals surface area contributed by atoms with Crippen molar-refractivity contribution in [2.24, 2.45) is 5.92 Å². The van der Waals surface area contributed by atoms with Gasteiger partial charge in [-0.15, -0.1) is 0 Å². The number of allylic oxidation sites excluding steroid dienone is 5. The van der Waals surface area contributed by atoms with E-state index in [4.69, 9.17) is 0 Å². The molecule has 1 unspecified atom stereocenters. The van der Waals surface area contributed by atoms with Gasteiger partial charge in [-0.25, -0.2) is 4.79 Å². The smallest absolute Gasteiger partial charge is 0.326 e. The summed E-state index contributed by atoms with van der Waals surface area (Å²) in [4.78, 5) is 35.7. The first-order valence-electron chi connectivity index (χ1n) is 9.43. The van der Waals surface area contributed by atoms with Crippen LogP contribution in [0.4, 0.5) is 0 Å². The number of nitrogens with one attached hydrogen (secondary N) is 2. The van der Waals surface area contributed by atoms with Gasteiger partial charge in [0.25, 0.3) is 0 Å². The average molecular weight is 398 g/mol. The number of phenolic OH excluding ortho intramolecular Hbond substituents is 1. The second-order valence-corrected chi connectivity index (χ2v) is 6.90. The monoisotopic (exact) mass is 398 g/mol. The summed E-state index contributed by atoms with van der Waals surface area (Å²) in [6, 6.07) is 4.08. The highest BCUT2D eigenvalue weighted by molar-refractivity contribution is 5.90. The van der Waals surface area contributed by atoms with Gasteiger partial charge in [-0.2, -0.15) is 0 Å². The molecule has 0 aliphatic heterocycles. The van der Waals surface area contributed by atoms with Crippen molar-refractivity contribution in [2.45, 2.75) is 38.3 Å². The number of aliphatic carboxylic acids is 1. The molecule has 2 amide bonds. The van der Waals surface area contributed by atoms with Crippen molar-refractivity contribution in [3.05, 3.63) is 66.3 Å². The van der Waals surface area contributed by atoms with Gasteiger partial charge in [-0.3, -0.25) is 9.59 Å². The van der Waals surface area contributed by atoms with Crippen LogP contribution < -0.4 is 10.6 Å². The van der Waals surface area contributed by atoms with Crippen molar-refractivity contribution in [2.75, 3.05) is 0 Å². The maximum atomic E-state index is 12.6. The molecule has 1 aromatic carbocycles. The van der Waals surface area contributed by atoms with Crippen molar-refractivity contribution >= 4 is 17.8 Å². The molecule has 1 aliphatic rings. The van der Waals surface area contributed by atoms with Gasteiger partial charge in [0.1, 0.15) is 17.8 Å². The third-order valence-corrected chi connectivity index (χ3v) is 4.45. The zero-order chi connectivity index (χ0) is 21.2. The van der Waals surface area contributed by atoms with Crippen LogP contribution in [0.3, 0.4) is 0 Å². The highest BCUT2D eigenvalue weighted by Gasteiger charge is 2.25. The number of aromatic hydroxyl groups is 1. The fraction of sp³-hybridized carbons (Fsp3) is 0.318. The molecule has 1 aliphatic carbocycles. The maximum Gasteiger partial charge on any atom is 0.326 e. The molecule has 0 spiro atoms. The molecule has 0 aromatic heterocycles. The minimum Gasteiger partial charge on any atom is -0.508 e. The van der Waals surface area contributed by atoms with Crippen LogP contribution in [0.2, 0.25) is 0 Å². The van der Waals surface area contributed by atoms with Crippen molar-refractivity contribution in [3.63, 3.8) is 0 Å². The number of carbonyl (C=O) groups is 3. The number of phenols is 1. The molecular formula is C22H26N2O5. The van der Waals surface area contributed by atoms with E-state index in [0.717, 1.165) is 6.42 Å². The summed E-state index contributed by atoms with van der Waals surface area (Å²) >= 11 is 0. The molecule has 0 heterocycles. The molecule has 0 saturated heterocycles. The van der Waals surface area contributed by atoms with E-state index in [1.165, 1.54) is 19.1 Å². The lowest BCUT2D eigenvalue weighted by atomic mass is 9.99. The van der Waals surface area contributed by atoms with Gasteiger partial charge in [0.05, 0.1) is 0 Å². The van der Waals surface area contributed by atoms with Gasteiger partial charge in [-0.1, -0.05) is 48.6 Å². The normalized spacial score (nSPS) is 17.6. The van der Waals surface area contributed by atoms with E-state index in [2.05, 4.69) is 10.6 Å². The van der Waals surface area contributed by atoms with Crippen LogP contribution in [0.5, 0.6) is 5.75 Å². The van der Waals surface area contributed by atoms with Gasteiger partial charge < -0.3 is 20.8 Å². The van der Waals surface area contributed by atoms with Crippen LogP contribution in [0.15, 0.2) is 60.7 Å². The van der Waals surface area contributed by atoms with Crippen molar-refractivity contribution in [1.29, 1.82) is 0 Å². The van der Waals surface area contributed by atoms with Gasteiger partial charge in [0, 0.05) is 13.3 Å². The highest BCUT2D eigenvalue weighted by Crippen LogP contribution is 2.14. The van der Waals surface area contributed by atoms with E-state index in [1.807, 2.05) is 36.5 Å². The Morgan fingerprint density at radius 2 is 1.86 bits per heavy atom. The predicted molar refractivity (Wildman–Crippen MR) is 109 cm³/mol. The van der Waals surface area contributed by atoms with Gasteiger partial charge in [0.2, 0.25) is 11.8 Å². The average Bonchev–Trinajstić information content (AvgIpc) is 2.68. The molecule has 154 valence electrons. The Morgan fingerprint density at radius 1 is 1.14 bits per heavy atom. The van der Waals surface area contributed by atoms with E-state index in [0.29, 0.717) is 5.56 Å². The first-order chi connectivity index (χ1) is 13.8. The molecule has 4 N–H and O–H groups in total. The van der Waals surface area contributed by atoms with Gasteiger partial charge >= 0.3 is 5.97 Å². The number of benzene rings is 1. The fourth-order valence-corrected chi connectivity index (χ4v) is 2.95. The SMILES string of the molecule is CC(=O)N[C@@H](CC=CC1C=CC=CC1)C(=O)N[C@@H](Cc1ccc(O)cc1)C(=O)O. The Kier molecular flexibility index (Phi) is 8.21. The third kappa shape index (κ3) is 7.65. The van der Waals surface area contributed by atoms with Crippen LogP contribution in [-0.2, 0) is 20.8 Å². The van der Waals surface area contributed by atoms with Gasteiger partial charge in [0.15, 0.2) is 0 Å². The standard InChI is InChI=1S/C22H26N2O5/c1-15(25)23-19(9-5-8-16-6-3-2-4-7-16)21(27)24-20(22(28)29)14-17-10-12-18(26)13-11-17/h2-6,8,10-13,16,19-20,26H,7,9,14H2,1H3,(H,23,25)(H,24,27)(H,28,29)/t16?,19-,20-/m0/s1. The van der Waals surface area contributed by atoms with E-state index >= 15 is 0 Å². The summed E-state index contributed by atoms with van der Waals surface area (Å²) in [7, 11) is 0. The molecule has 2 rings (SSSR count). The quantitative estimate of drug-likeness (QED) is 0.476. The van der Waals surface area contributed by atoms with E-state index in [1.54, 1.807) is 12.1 Å². The topological polar surface area (TPSA) is 116 Å². The summed E-state index contributed by atoms with van der Waals surface area (Å²) in [6.07, 6.45) is 13.0. The second-order valence-electron chi connectivity index (χ2n) is 6.90. The fourth-order valence-electron chi connectivity index (χ4n) is 2.95. The summed E-state index contributed by atoms with van der Waals surface area (Å²) in [5.74, 6) is -1.80. The molecule has 0 saturated carbocycles. The van der Waals surface area contributed by atoms with Crippen molar-refractivity contribution < 1.29 is 24.6 Å². The summed E-state index contributed by atoms with van der Waals surface area (Å²) in [5, 5.41) is 23.9. The Hall–Kier alpha value is -3.35. The molecule has 7 nitrogen and oxygen atoms in total. The van der Waals surface area contributed by atoms with E-state index in [9.17, 15) is 24.6 Å². The Balaban J connectivity index is 2.01. The summed E-state index contributed by atoms with van der Waals surface area (Å²) in [6.45, 7) is 1.31. The number of hydrogen-bond donors (Lipinski definition) is 4. The largest absolute Gasteiger partial charge is 0.508 e. The maximum absolute atomic E-state index is 12.6. The number of carboxylic acids is 1. The molecule has 0 bridgehead atoms.